The van der Waals surface area contributed by atoms with E-state index in [0.29, 0.717) is 27.6 Å². The second-order valence-electron chi connectivity index (χ2n) is 8.21. The number of rotatable bonds is 4. The Balaban J connectivity index is 1.80. The Bertz CT molecular complexity index is 1600. The lowest BCUT2D eigenvalue weighted by atomic mass is 10.0. The van der Waals surface area contributed by atoms with Crippen LogP contribution in [0.25, 0.3) is 0 Å². The first-order valence-electron chi connectivity index (χ1n) is 10.3. The summed E-state index contributed by atoms with van der Waals surface area (Å²) in [6.45, 7) is -0.179. The maximum Gasteiger partial charge on any atom is 0.274 e. The predicted octanol–water partition coefficient (Wildman–Crippen LogP) is 3.69. The number of benzene rings is 3. The predicted molar refractivity (Wildman–Crippen MR) is 125 cm³/mol. The SMILES string of the molecule is O=C1CS(=O)(=O)[C@@]2(C(=O)N(Cc3cccc(Cl)c3)c3ccc([N+](=O)[O-])cc32)N1c1ccc(F)c(F)c1. The lowest BCUT2D eigenvalue weighted by Gasteiger charge is -2.32. The Labute approximate surface area is 207 Å². The maximum absolute atomic E-state index is 14.1. The number of non-ortho nitro benzene ring substituents is 1. The summed E-state index contributed by atoms with van der Waals surface area (Å²) in [5, 5.41) is 11.9. The summed E-state index contributed by atoms with van der Waals surface area (Å²) < 4.78 is 54.9. The molecule has 0 aliphatic carbocycles. The van der Waals surface area contributed by atoms with Gasteiger partial charge in [0.1, 0.15) is 5.75 Å². The topological polar surface area (TPSA) is 118 Å². The third kappa shape index (κ3) is 3.28. The van der Waals surface area contributed by atoms with Crippen molar-refractivity contribution in [3.05, 3.63) is 98.6 Å². The van der Waals surface area contributed by atoms with E-state index in [1.807, 2.05) is 0 Å². The fraction of sp³-hybridized carbons (Fsp3) is 0.130. The van der Waals surface area contributed by atoms with Crippen molar-refractivity contribution in [1.29, 1.82) is 0 Å². The van der Waals surface area contributed by atoms with Gasteiger partial charge in [0.2, 0.25) is 5.91 Å². The third-order valence-electron chi connectivity index (χ3n) is 6.10. The van der Waals surface area contributed by atoms with Crippen molar-refractivity contribution in [3.8, 4) is 0 Å². The highest BCUT2D eigenvalue weighted by Crippen LogP contribution is 2.53. The van der Waals surface area contributed by atoms with E-state index in [1.54, 1.807) is 24.3 Å². The highest BCUT2D eigenvalue weighted by Gasteiger charge is 2.70. The van der Waals surface area contributed by atoms with Crippen LogP contribution in [0.5, 0.6) is 0 Å². The smallest absolute Gasteiger partial charge is 0.274 e. The van der Waals surface area contributed by atoms with Gasteiger partial charge in [-0.05, 0) is 35.9 Å². The molecule has 3 aromatic rings. The summed E-state index contributed by atoms with van der Waals surface area (Å²) in [5.74, 6) is -5.91. The van der Waals surface area contributed by atoms with Gasteiger partial charge < -0.3 is 4.90 Å². The average molecular weight is 534 g/mol. The van der Waals surface area contributed by atoms with Gasteiger partial charge in [-0.1, -0.05) is 23.7 Å². The number of nitro benzene ring substituents is 1. The molecule has 2 aliphatic rings. The Morgan fingerprint density at radius 3 is 2.44 bits per heavy atom. The number of sulfone groups is 1. The molecule has 0 N–H and O–H groups in total. The van der Waals surface area contributed by atoms with Gasteiger partial charge in [-0.3, -0.25) is 24.6 Å². The zero-order valence-electron chi connectivity index (χ0n) is 18.0. The van der Waals surface area contributed by atoms with Crippen LogP contribution in [-0.2, 0) is 30.8 Å². The lowest BCUT2D eigenvalue weighted by molar-refractivity contribution is -0.384. The van der Waals surface area contributed by atoms with Crippen molar-refractivity contribution < 1.29 is 31.7 Å². The number of fused-ring (bicyclic) bond motifs is 2. The van der Waals surface area contributed by atoms with Crippen LogP contribution < -0.4 is 9.80 Å². The van der Waals surface area contributed by atoms with Gasteiger partial charge in [-0.25, -0.2) is 17.2 Å². The molecule has 184 valence electrons. The molecule has 2 heterocycles. The number of carbonyl (C=O) groups is 2. The van der Waals surface area contributed by atoms with E-state index in [2.05, 4.69) is 0 Å². The van der Waals surface area contributed by atoms with Crippen molar-refractivity contribution in [1.82, 2.24) is 0 Å². The minimum Gasteiger partial charge on any atom is -0.304 e. The van der Waals surface area contributed by atoms with Gasteiger partial charge in [0.05, 0.1) is 17.2 Å². The largest absolute Gasteiger partial charge is 0.304 e. The lowest BCUT2D eigenvalue weighted by Crippen LogP contribution is -2.54. The van der Waals surface area contributed by atoms with Gasteiger partial charge in [0.15, 0.2) is 21.5 Å². The minimum atomic E-state index is -4.67. The summed E-state index contributed by atoms with van der Waals surface area (Å²) in [7, 11) is -4.67. The van der Waals surface area contributed by atoms with Gasteiger partial charge in [0, 0.05) is 34.5 Å². The molecule has 0 unspecified atom stereocenters. The molecule has 9 nitrogen and oxygen atoms in total. The first kappa shape index (κ1) is 23.8. The molecule has 2 aliphatic heterocycles. The molecule has 13 heteroatoms. The molecule has 2 amide bonds. The standard InChI is InChI=1S/C23H14ClF2N3O6S/c24-14-3-1-2-13(8-14)11-27-20-7-5-16(29(32)33)9-17(20)23(22(27)31)28(21(30)12-36(23,34)35)15-4-6-18(25)19(26)10-15/h1-10H,11-12H2/t23-/m0/s1. The van der Waals surface area contributed by atoms with E-state index in [0.717, 1.165) is 23.1 Å². The van der Waals surface area contributed by atoms with E-state index >= 15 is 0 Å². The summed E-state index contributed by atoms with van der Waals surface area (Å²) in [5.41, 5.74) is -0.727. The van der Waals surface area contributed by atoms with Gasteiger partial charge in [-0.15, -0.1) is 0 Å². The van der Waals surface area contributed by atoms with Crippen molar-refractivity contribution in [2.45, 2.75) is 11.4 Å². The van der Waals surface area contributed by atoms with E-state index < -0.39 is 60.2 Å². The fourth-order valence-electron chi connectivity index (χ4n) is 4.64. The number of nitrogens with zero attached hydrogens (tertiary/aromatic N) is 3. The number of anilines is 2. The number of carbonyl (C=O) groups excluding carboxylic acids is 2. The molecule has 1 fully saturated rings. The first-order chi connectivity index (χ1) is 17.0. The average Bonchev–Trinajstić information content (AvgIpc) is 3.18. The molecule has 1 spiro atoms. The maximum atomic E-state index is 14.1. The molecule has 5 rings (SSSR count). The van der Waals surface area contributed by atoms with E-state index in [-0.39, 0.29) is 17.8 Å². The number of hydrogen-bond acceptors (Lipinski definition) is 6. The van der Waals surface area contributed by atoms with E-state index in [4.69, 9.17) is 11.6 Å². The second kappa shape index (κ2) is 8.07. The van der Waals surface area contributed by atoms with Crippen molar-refractivity contribution in [2.24, 2.45) is 0 Å². The van der Waals surface area contributed by atoms with Crippen molar-refractivity contribution in [2.75, 3.05) is 15.6 Å². The monoisotopic (exact) mass is 533 g/mol. The van der Waals surface area contributed by atoms with Crippen LogP contribution >= 0.6 is 11.6 Å². The van der Waals surface area contributed by atoms with Crippen LogP contribution in [-0.4, -0.2) is 30.9 Å². The highest BCUT2D eigenvalue weighted by atomic mass is 35.5. The molecule has 0 saturated carbocycles. The molecular weight excluding hydrogens is 520 g/mol. The minimum absolute atomic E-state index is 0.0106. The summed E-state index contributed by atoms with van der Waals surface area (Å²) >= 11 is 6.05. The molecular formula is C23H14ClF2N3O6S. The van der Waals surface area contributed by atoms with Crippen LogP contribution in [0.4, 0.5) is 25.8 Å². The summed E-state index contributed by atoms with van der Waals surface area (Å²) in [6, 6.07) is 11.9. The molecule has 1 atom stereocenters. The second-order valence-corrected chi connectivity index (χ2v) is 10.8. The zero-order chi connectivity index (χ0) is 26.0. The Morgan fingerprint density at radius 1 is 1.03 bits per heavy atom. The Morgan fingerprint density at radius 2 is 1.78 bits per heavy atom. The number of amides is 2. The summed E-state index contributed by atoms with van der Waals surface area (Å²) in [6.07, 6.45) is 0. The van der Waals surface area contributed by atoms with Crippen molar-refractivity contribution >= 4 is 50.3 Å². The number of halogens is 3. The molecule has 1 saturated heterocycles. The van der Waals surface area contributed by atoms with Crippen LogP contribution in [0, 0.1) is 21.7 Å². The normalized spacial score (nSPS) is 20.3. The Hall–Kier alpha value is -3.90. The molecule has 3 aromatic carbocycles. The summed E-state index contributed by atoms with van der Waals surface area (Å²) in [4.78, 5) is 36.7. The van der Waals surface area contributed by atoms with E-state index in [1.165, 1.54) is 6.07 Å². The van der Waals surface area contributed by atoms with Crippen LogP contribution in [0.1, 0.15) is 11.1 Å². The quantitative estimate of drug-likeness (QED) is 0.373. The highest BCUT2D eigenvalue weighted by molar-refractivity contribution is 7.94. The fourth-order valence-corrected chi connectivity index (χ4v) is 6.88. The van der Waals surface area contributed by atoms with Crippen LogP contribution in [0.3, 0.4) is 0 Å². The molecule has 0 radical (unpaired) electrons. The zero-order valence-corrected chi connectivity index (χ0v) is 19.6. The van der Waals surface area contributed by atoms with Crippen LogP contribution in [0.15, 0.2) is 60.7 Å². The molecule has 36 heavy (non-hydrogen) atoms. The number of nitro groups is 1. The van der Waals surface area contributed by atoms with Crippen molar-refractivity contribution in [3.63, 3.8) is 0 Å². The molecule has 0 aromatic heterocycles. The first-order valence-corrected chi connectivity index (χ1v) is 12.4. The Kier molecular flexibility index (Phi) is 5.34. The molecule has 0 bridgehead atoms. The van der Waals surface area contributed by atoms with Crippen LogP contribution in [0.2, 0.25) is 5.02 Å². The number of hydrogen-bond donors (Lipinski definition) is 0. The van der Waals surface area contributed by atoms with E-state index in [9.17, 15) is 36.9 Å². The van der Waals surface area contributed by atoms with Gasteiger partial charge in [0.25, 0.3) is 16.5 Å². The van der Waals surface area contributed by atoms with Gasteiger partial charge in [-0.2, -0.15) is 0 Å². The van der Waals surface area contributed by atoms with Gasteiger partial charge >= 0.3 is 0 Å². The third-order valence-corrected chi connectivity index (χ3v) is 8.44.